The Balaban J connectivity index is 1.65. The molecule has 0 spiro atoms. The first-order valence-corrected chi connectivity index (χ1v) is 6.84. The summed E-state index contributed by atoms with van der Waals surface area (Å²) in [6.07, 6.45) is 5.32. The first-order chi connectivity index (χ1) is 9.81. The van der Waals surface area contributed by atoms with Crippen molar-refractivity contribution in [2.45, 2.75) is 19.8 Å². The van der Waals surface area contributed by atoms with Gasteiger partial charge in [0, 0.05) is 5.56 Å². The second-order valence-corrected chi connectivity index (χ2v) is 5.05. The molecule has 0 aliphatic heterocycles. The number of nitrogens with zero attached hydrogens (tertiary/aromatic N) is 1. The lowest BCUT2D eigenvalue weighted by molar-refractivity contribution is 0.572. The van der Waals surface area contributed by atoms with Crippen molar-refractivity contribution in [2.75, 3.05) is 0 Å². The molecule has 0 saturated carbocycles. The van der Waals surface area contributed by atoms with Crippen LogP contribution in [0, 0.1) is 6.92 Å². The number of aryl methyl sites for hydroxylation is 3. The van der Waals surface area contributed by atoms with Gasteiger partial charge < -0.3 is 4.42 Å². The first kappa shape index (κ1) is 12.7. The van der Waals surface area contributed by atoms with Crippen LogP contribution >= 0.6 is 0 Å². The predicted molar refractivity (Wildman–Crippen MR) is 80.5 cm³/mol. The highest BCUT2D eigenvalue weighted by atomic mass is 16.3. The maximum absolute atomic E-state index is 5.29. The molecule has 0 unspecified atom stereocenters. The third-order valence-corrected chi connectivity index (χ3v) is 3.49. The van der Waals surface area contributed by atoms with Crippen LogP contribution < -0.4 is 0 Å². The maximum Gasteiger partial charge on any atom is 0.181 e. The summed E-state index contributed by atoms with van der Waals surface area (Å²) in [5, 5.41) is 0. The molecule has 20 heavy (non-hydrogen) atoms. The van der Waals surface area contributed by atoms with Crippen molar-refractivity contribution in [3.05, 3.63) is 77.8 Å². The summed E-state index contributed by atoms with van der Waals surface area (Å²) < 4.78 is 5.29. The van der Waals surface area contributed by atoms with Crippen LogP contribution in [0.5, 0.6) is 0 Å². The molecule has 1 aromatic heterocycles. The number of benzene rings is 2. The van der Waals surface area contributed by atoms with Crippen LogP contribution in [0.2, 0.25) is 0 Å². The second-order valence-electron chi connectivity index (χ2n) is 5.05. The quantitative estimate of drug-likeness (QED) is 0.695. The van der Waals surface area contributed by atoms with Gasteiger partial charge in [-0.25, -0.2) is 4.98 Å². The Hall–Kier alpha value is -2.35. The molecule has 3 rings (SSSR count). The highest BCUT2D eigenvalue weighted by molar-refractivity contribution is 5.56. The number of oxazole rings is 1. The minimum Gasteiger partial charge on any atom is -0.444 e. The maximum atomic E-state index is 5.29. The van der Waals surface area contributed by atoms with Crippen LogP contribution in [0.4, 0.5) is 0 Å². The number of aromatic nitrogens is 1. The number of rotatable bonds is 4. The van der Waals surface area contributed by atoms with Crippen molar-refractivity contribution < 1.29 is 4.42 Å². The van der Waals surface area contributed by atoms with E-state index in [0.717, 1.165) is 24.2 Å². The van der Waals surface area contributed by atoms with Crippen molar-refractivity contribution in [3.8, 4) is 11.3 Å². The third kappa shape index (κ3) is 2.97. The molecule has 1 heterocycles. The molecule has 2 aromatic carbocycles. The summed E-state index contributed by atoms with van der Waals surface area (Å²) >= 11 is 0. The Morgan fingerprint density at radius 1 is 0.850 bits per heavy atom. The van der Waals surface area contributed by atoms with Crippen molar-refractivity contribution in [1.82, 2.24) is 4.98 Å². The van der Waals surface area contributed by atoms with Crippen molar-refractivity contribution >= 4 is 0 Å². The largest absolute Gasteiger partial charge is 0.444 e. The van der Waals surface area contributed by atoms with Gasteiger partial charge in [-0.15, -0.1) is 0 Å². The van der Waals surface area contributed by atoms with Crippen LogP contribution in [0.25, 0.3) is 11.3 Å². The van der Waals surface area contributed by atoms with E-state index in [0.29, 0.717) is 0 Å². The number of hydrogen-bond acceptors (Lipinski definition) is 2. The lowest BCUT2D eigenvalue weighted by Gasteiger charge is -2.04. The molecular weight excluding hydrogens is 246 g/mol. The van der Waals surface area contributed by atoms with E-state index in [1.807, 2.05) is 0 Å². The number of hydrogen-bond donors (Lipinski definition) is 0. The normalized spacial score (nSPS) is 10.7. The Bertz CT molecular complexity index is 652. The van der Waals surface area contributed by atoms with Gasteiger partial charge in [-0.2, -0.15) is 0 Å². The molecule has 0 aliphatic rings. The lowest BCUT2D eigenvalue weighted by atomic mass is 10.0. The minimum atomic E-state index is 0.815. The first-order valence-electron chi connectivity index (χ1n) is 6.84. The summed E-state index contributed by atoms with van der Waals surface area (Å²) in [4.78, 5) is 3.94. The molecular formula is C18H17NO. The zero-order valence-electron chi connectivity index (χ0n) is 11.5. The molecule has 0 saturated heterocycles. The molecule has 0 fully saturated rings. The average molecular weight is 263 g/mol. The van der Waals surface area contributed by atoms with Crippen LogP contribution in [0.1, 0.15) is 16.7 Å². The molecule has 0 aliphatic carbocycles. The summed E-state index contributed by atoms with van der Waals surface area (Å²) in [7, 11) is 0. The van der Waals surface area contributed by atoms with E-state index in [1.54, 1.807) is 6.20 Å². The monoisotopic (exact) mass is 263 g/mol. The fourth-order valence-electron chi connectivity index (χ4n) is 2.24. The molecule has 3 aromatic rings. The summed E-state index contributed by atoms with van der Waals surface area (Å²) in [6.45, 7) is 2.12. The van der Waals surface area contributed by atoms with Gasteiger partial charge in [-0.3, -0.25) is 0 Å². The van der Waals surface area contributed by atoms with Crippen LogP contribution in [-0.2, 0) is 12.8 Å². The Labute approximate surface area is 119 Å². The van der Waals surface area contributed by atoms with Gasteiger partial charge in [-0.1, -0.05) is 54.1 Å². The molecule has 0 atom stereocenters. The molecule has 0 radical (unpaired) electrons. The fraction of sp³-hybridized carbons (Fsp3) is 0.167. The van der Waals surface area contributed by atoms with E-state index in [-0.39, 0.29) is 0 Å². The molecule has 0 amide bonds. The average Bonchev–Trinajstić information content (AvgIpc) is 3.01. The summed E-state index contributed by atoms with van der Waals surface area (Å²) in [5.41, 5.74) is 5.11. The standard InChI is InChI=1S/C18H17NO/c1-14-2-4-15(5-3-14)6-7-16-8-10-17(11-9-16)18-12-19-13-20-18/h2-5,8-13H,6-7H2,1H3. The van der Waals surface area contributed by atoms with Gasteiger partial charge in [-0.05, 0) is 30.9 Å². The molecule has 2 heteroatoms. The van der Waals surface area contributed by atoms with Crippen LogP contribution in [0.15, 0.2) is 65.5 Å². The van der Waals surface area contributed by atoms with Crippen LogP contribution in [-0.4, -0.2) is 4.98 Å². The molecule has 0 bridgehead atoms. The van der Waals surface area contributed by atoms with E-state index in [2.05, 4.69) is 60.4 Å². The lowest BCUT2D eigenvalue weighted by Crippen LogP contribution is -1.91. The van der Waals surface area contributed by atoms with E-state index in [9.17, 15) is 0 Å². The highest BCUT2D eigenvalue weighted by Crippen LogP contribution is 2.19. The SMILES string of the molecule is Cc1ccc(CCc2ccc(-c3cnco3)cc2)cc1. The predicted octanol–water partition coefficient (Wildman–Crippen LogP) is 4.44. The topological polar surface area (TPSA) is 26.0 Å². The molecule has 0 N–H and O–H groups in total. The van der Waals surface area contributed by atoms with E-state index in [1.165, 1.54) is 23.1 Å². The van der Waals surface area contributed by atoms with Crippen molar-refractivity contribution in [1.29, 1.82) is 0 Å². The zero-order valence-corrected chi connectivity index (χ0v) is 11.5. The van der Waals surface area contributed by atoms with E-state index in [4.69, 9.17) is 4.42 Å². The van der Waals surface area contributed by atoms with Crippen LogP contribution in [0.3, 0.4) is 0 Å². The Morgan fingerprint density at radius 3 is 2.00 bits per heavy atom. The molecule has 100 valence electrons. The van der Waals surface area contributed by atoms with Gasteiger partial charge in [0.1, 0.15) is 0 Å². The third-order valence-electron chi connectivity index (χ3n) is 3.49. The van der Waals surface area contributed by atoms with Gasteiger partial charge in [0.2, 0.25) is 0 Å². The second kappa shape index (κ2) is 5.74. The fourth-order valence-corrected chi connectivity index (χ4v) is 2.24. The van der Waals surface area contributed by atoms with E-state index < -0.39 is 0 Å². The van der Waals surface area contributed by atoms with Crippen molar-refractivity contribution in [2.24, 2.45) is 0 Å². The Kier molecular flexibility index (Phi) is 3.64. The highest BCUT2D eigenvalue weighted by Gasteiger charge is 2.01. The zero-order chi connectivity index (χ0) is 13.8. The summed E-state index contributed by atoms with van der Waals surface area (Å²) in [6, 6.07) is 17.2. The Morgan fingerprint density at radius 2 is 1.45 bits per heavy atom. The van der Waals surface area contributed by atoms with Gasteiger partial charge in [0.05, 0.1) is 6.20 Å². The summed E-state index contributed by atoms with van der Waals surface area (Å²) in [5.74, 6) is 0.815. The minimum absolute atomic E-state index is 0.815. The smallest absolute Gasteiger partial charge is 0.181 e. The van der Waals surface area contributed by atoms with Gasteiger partial charge >= 0.3 is 0 Å². The molecule has 2 nitrogen and oxygen atoms in total. The van der Waals surface area contributed by atoms with E-state index >= 15 is 0 Å². The van der Waals surface area contributed by atoms with Gasteiger partial charge in [0.25, 0.3) is 0 Å². The van der Waals surface area contributed by atoms with Gasteiger partial charge in [0.15, 0.2) is 12.2 Å². The van der Waals surface area contributed by atoms with Crippen molar-refractivity contribution in [3.63, 3.8) is 0 Å².